The smallest absolute Gasteiger partial charge is 0.408 e. The first-order valence-electron chi connectivity index (χ1n) is 9.68. The van der Waals surface area contributed by atoms with Gasteiger partial charge in [0, 0.05) is 12.5 Å². The van der Waals surface area contributed by atoms with E-state index >= 15 is 0 Å². The molecule has 0 saturated heterocycles. The molecule has 2 fully saturated rings. The number of hydrogen-bond donors (Lipinski definition) is 2. The molecule has 29 heavy (non-hydrogen) atoms. The topological polar surface area (TPSA) is 120 Å². The summed E-state index contributed by atoms with van der Waals surface area (Å²) >= 11 is 0. The highest BCUT2D eigenvalue weighted by molar-refractivity contribution is 5.93. The summed E-state index contributed by atoms with van der Waals surface area (Å²) < 4.78 is 14.9. The van der Waals surface area contributed by atoms with Gasteiger partial charge >= 0.3 is 18.0 Å². The van der Waals surface area contributed by atoms with E-state index in [4.69, 9.17) is 14.2 Å². The average Bonchev–Trinajstić information content (AvgIpc) is 3.32. The lowest BCUT2D eigenvalue weighted by molar-refractivity contribution is -0.145. The maximum absolute atomic E-state index is 13.0. The fraction of sp³-hybridized carbons (Fsp3) is 0.600. The molecule has 0 unspecified atom stereocenters. The number of hydrogen-bond acceptors (Lipinski definition) is 7. The Morgan fingerprint density at radius 1 is 1.10 bits per heavy atom. The third-order valence-electron chi connectivity index (χ3n) is 5.21. The molecule has 2 amide bonds. The minimum atomic E-state index is -1.30. The second-order valence-corrected chi connectivity index (χ2v) is 6.97. The van der Waals surface area contributed by atoms with Crippen LogP contribution in [-0.4, -0.2) is 55.8 Å². The van der Waals surface area contributed by atoms with Crippen molar-refractivity contribution in [3.05, 3.63) is 25.3 Å². The molecule has 2 aliphatic carbocycles. The third-order valence-corrected chi connectivity index (χ3v) is 5.21. The molecule has 2 N–H and O–H groups in total. The number of esters is 2. The third kappa shape index (κ3) is 5.16. The molecule has 4 atom stereocenters. The molecule has 0 radical (unpaired) electrons. The molecule has 0 heterocycles. The van der Waals surface area contributed by atoms with Crippen LogP contribution in [0.2, 0.25) is 0 Å². The predicted molar refractivity (Wildman–Crippen MR) is 103 cm³/mol. The van der Waals surface area contributed by atoms with Gasteiger partial charge in [0.2, 0.25) is 5.91 Å². The molecule has 0 aromatic rings. The van der Waals surface area contributed by atoms with Gasteiger partial charge in [-0.05, 0) is 25.7 Å². The van der Waals surface area contributed by atoms with Gasteiger partial charge in [-0.25, -0.2) is 4.79 Å². The highest BCUT2D eigenvalue weighted by Crippen LogP contribution is 2.62. The average molecular weight is 408 g/mol. The van der Waals surface area contributed by atoms with Crippen LogP contribution in [0.1, 0.15) is 26.2 Å². The summed E-state index contributed by atoms with van der Waals surface area (Å²) in [6.45, 7) is 9.08. The van der Waals surface area contributed by atoms with Crippen LogP contribution in [0.15, 0.2) is 25.3 Å². The van der Waals surface area contributed by atoms with E-state index in [9.17, 15) is 19.2 Å². The molecule has 9 nitrogen and oxygen atoms in total. The maximum atomic E-state index is 13.0. The Labute approximate surface area is 169 Å². The summed E-state index contributed by atoms with van der Waals surface area (Å²) in [5.74, 6) is -2.21. The van der Waals surface area contributed by atoms with Gasteiger partial charge in [0.05, 0.1) is 18.9 Å². The zero-order chi connectivity index (χ0) is 21.4. The fourth-order valence-electron chi connectivity index (χ4n) is 4.01. The first-order valence-corrected chi connectivity index (χ1v) is 9.68. The lowest BCUT2D eigenvalue weighted by Crippen LogP contribution is -2.60. The van der Waals surface area contributed by atoms with Crippen molar-refractivity contribution >= 4 is 23.9 Å². The molecule has 0 aromatic carbocycles. The Bertz CT molecular complexity index is 678. The van der Waals surface area contributed by atoms with Crippen molar-refractivity contribution in [2.45, 2.75) is 31.7 Å². The van der Waals surface area contributed by atoms with Crippen LogP contribution in [0, 0.1) is 17.8 Å². The lowest BCUT2D eigenvalue weighted by atomic mass is 9.89. The summed E-state index contributed by atoms with van der Waals surface area (Å²) in [5.41, 5.74) is -1.30. The van der Waals surface area contributed by atoms with Crippen molar-refractivity contribution in [1.29, 1.82) is 0 Å². The lowest BCUT2D eigenvalue weighted by Gasteiger charge is -2.31. The zero-order valence-electron chi connectivity index (χ0n) is 16.6. The number of rotatable bonds is 11. The van der Waals surface area contributed by atoms with Gasteiger partial charge in [-0.1, -0.05) is 25.3 Å². The van der Waals surface area contributed by atoms with Gasteiger partial charge in [-0.3, -0.25) is 14.4 Å². The number of fused-ring (bicyclic) bond motifs is 1. The van der Waals surface area contributed by atoms with Crippen LogP contribution in [0.4, 0.5) is 4.79 Å². The van der Waals surface area contributed by atoms with Crippen LogP contribution in [0.5, 0.6) is 0 Å². The number of amides is 2. The monoisotopic (exact) mass is 408 g/mol. The second kappa shape index (κ2) is 10.1. The van der Waals surface area contributed by atoms with Gasteiger partial charge < -0.3 is 24.8 Å². The predicted octanol–water partition coefficient (Wildman–Crippen LogP) is 1.09. The van der Waals surface area contributed by atoms with Gasteiger partial charge in [-0.15, -0.1) is 0 Å². The highest BCUT2D eigenvalue weighted by atomic mass is 16.5. The highest BCUT2D eigenvalue weighted by Gasteiger charge is 2.72. The summed E-state index contributed by atoms with van der Waals surface area (Å²) in [6.07, 6.45) is 3.07. The molecule has 160 valence electrons. The van der Waals surface area contributed by atoms with E-state index in [0.717, 1.165) is 0 Å². The van der Waals surface area contributed by atoms with Crippen LogP contribution in [-0.2, 0) is 28.6 Å². The molecule has 2 aliphatic rings. The Morgan fingerprint density at radius 2 is 1.79 bits per heavy atom. The first-order chi connectivity index (χ1) is 13.9. The van der Waals surface area contributed by atoms with Gasteiger partial charge in [-0.2, -0.15) is 0 Å². The van der Waals surface area contributed by atoms with E-state index < -0.39 is 41.3 Å². The van der Waals surface area contributed by atoms with Crippen molar-refractivity contribution in [3.8, 4) is 0 Å². The summed E-state index contributed by atoms with van der Waals surface area (Å²) in [5, 5.41) is 5.33. The van der Waals surface area contributed by atoms with Crippen molar-refractivity contribution < 1.29 is 33.4 Å². The SMILES string of the molecule is C=CCOC(=O)N[C@@]1(C(=O)NCCC(=O)OCC)CC[C@H]2[C@H](C(=O)OCC=C)[C@H]21. The Morgan fingerprint density at radius 3 is 2.45 bits per heavy atom. The molecular formula is C20H28N2O7. The Hall–Kier alpha value is -2.84. The molecule has 2 rings (SSSR count). The number of ether oxygens (including phenoxy) is 3. The van der Waals surface area contributed by atoms with Crippen LogP contribution >= 0.6 is 0 Å². The summed E-state index contributed by atoms with van der Waals surface area (Å²) in [7, 11) is 0. The minimum Gasteiger partial charge on any atom is -0.466 e. The largest absolute Gasteiger partial charge is 0.466 e. The zero-order valence-corrected chi connectivity index (χ0v) is 16.6. The standard InChI is InChI=1S/C20H28N2O7/c1-4-11-28-17(24)15-13-7-9-20(16(13)15,22-19(26)29-12-5-2)18(25)21-10-8-14(23)27-6-3/h4-5,13,15-16H,1-2,6-12H2,3H3,(H,21,25)(H,22,26)/t13-,15-,16-,20-/m0/s1. The quantitative estimate of drug-likeness (QED) is 0.298. The van der Waals surface area contributed by atoms with E-state index in [1.54, 1.807) is 6.92 Å². The summed E-state index contributed by atoms with van der Waals surface area (Å²) in [6, 6.07) is 0. The maximum Gasteiger partial charge on any atom is 0.408 e. The van der Waals surface area contributed by atoms with Crippen LogP contribution < -0.4 is 10.6 Å². The molecule has 0 aliphatic heterocycles. The molecule has 0 aromatic heterocycles. The van der Waals surface area contributed by atoms with E-state index in [1.165, 1.54) is 12.2 Å². The molecular weight excluding hydrogens is 380 g/mol. The summed E-state index contributed by atoms with van der Waals surface area (Å²) in [4.78, 5) is 49.0. The Balaban J connectivity index is 2.08. The molecule has 2 saturated carbocycles. The number of carbonyl (C=O) groups is 4. The van der Waals surface area contributed by atoms with Crippen molar-refractivity contribution in [3.63, 3.8) is 0 Å². The van der Waals surface area contributed by atoms with Gasteiger partial charge in [0.25, 0.3) is 0 Å². The van der Waals surface area contributed by atoms with Crippen molar-refractivity contribution in [2.24, 2.45) is 17.8 Å². The van der Waals surface area contributed by atoms with Crippen LogP contribution in [0.25, 0.3) is 0 Å². The number of nitrogens with one attached hydrogen (secondary N) is 2. The fourth-order valence-corrected chi connectivity index (χ4v) is 4.01. The van der Waals surface area contributed by atoms with E-state index in [2.05, 4.69) is 23.8 Å². The van der Waals surface area contributed by atoms with Crippen molar-refractivity contribution in [2.75, 3.05) is 26.4 Å². The molecule has 9 heteroatoms. The number of alkyl carbamates (subject to hydrolysis) is 1. The molecule has 0 bridgehead atoms. The second-order valence-electron chi connectivity index (χ2n) is 6.97. The Kier molecular flexibility index (Phi) is 7.81. The normalized spacial score (nSPS) is 26.4. The van der Waals surface area contributed by atoms with E-state index in [1.807, 2.05) is 0 Å². The number of carbonyl (C=O) groups excluding carboxylic acids is 4. The first kappa shape index (κ1) is 22.4. The van der Waals surface area contributed by atoms with Gasteiger partial charge in [0.1, 0.15) is 18.8 Å². The van der Waals surface area contributed by atoms with E-state index in [-0.39, 0.29) is 38.7 Å². The molecule has 0 spiro atoms. The van der Waals surface area contributed by atoms with E-state index in [0.29, 0.717) is 12.8 Å². The van der Waals surface area contributed by atoms with Gasteiger partial charge in [0.15, 0.2) is 0 Å². The van der Waals surface area contributed by atoms with Crippen molar-refractivity contribution in [1.82, 2.24) is 10.6 Å². The minimum absolute atomic E-state index is 0.00864. The van der Waals surface area contributed by atoms with Crippen LogP contribution in [0.3, 0.4) is 0 Å².